The van der Waals surface area contributed by atoms with Gasteiger partial charge in [-0.1, -0.05) is 0 Å². The number of nitrogen functional groups attached to an aromatic ring is 1. The number of carbonyl (C=O) groups is 1. The standard InChI is InChI=1S/C26H33FN6O3S/c1-13-4-6-16-23(29)24(37-26(16)30-13)25(34)31-15-5-7-20-17(8-15)18(27)9-22(32-20)33-10-19(28)21(11-33)36-12-14(2)35-3/h4,6,9,14-15,19,21H,5,7-8,10-12,28-29H2,1-3H3,(H,31,34). The number of rotatable bonds is 7. The zero-order valence-corrected chi connectivity index (χ0v) is 22.1. The van der Waals surface area contributed by atoms with Crippen molar-refractivity contribution in [3.05, 3.63) is 45.8 Å². The van der Waals surface area contributed by atoms with Crippen LogP contribution in [0.5, 0.6) is 0 Å². The molecule has 1 aliphatic carbocycles. The summed E-state index contributed by atoms with van der Waals surface area (Å²) in [5.41, 5.74) is 15.1. The minimum absolute atomic E-state index is 0.0230. The zero-order valence-electron chi connectivity index (χ0n) is 21.3. The number of ether oxygens (including phenoxy) is 2. The lowest BCUT2D eigenvalue weighted by molar-refractivity contribution is -0.0166. The summed E-state index contributed by atoms with van der Waals surface area (Å²) < 4.78 is 26.4. The van der Waals surface area contributed by atoms with Crippen LogP contribution in [0, 0.1) is 12.7 Å². The molecule has 1 aliphatic heterocycles. The van der Waals surface area contributed by atoms with Crippen molar-refractivity contribution in [2.75, 3.05) is 37.4 Å². The van der Waals surface area contributed by atoms with Crippen LogP contribution in [0.4, 0.5) is 15.9 Å². The van der Waals surface area contributed by atoms with Crippen molar-refractivity contribution in [2.45, 2.75) is 57.4 Å². The van der Waals surface area contributed by atoms with Crippen LogP contribution in [0.1, 0.15) is 40.0 Å². The van der Waals surface area contributed by atoms with Crippen molar-refractivity contribution in [3.63, 3.8) is 0 Å². The van der Waals surface area contributed by atoms with E-state index in [4.69, 9.17) is 25.9 Å². The molecule has 5 rings (SSSR count). The highest BCUT2D eigenvalue weighted by Gasteiger charge is 2.34. The Morgan fingerprint density at radius 1 is 1.35 bits per heavy atom. The highest BCUT2D eigenvalue weighted by Crippen LogP contribution is 2.33. The SMILES string of the molecule is COC(C)COC1CN(c2cc(F)c3c(n2)CCC(NC(=O)c2sc4nc(C)ccc4c2N)C3)CC1N. The second-order valence-electron chi connectivity index (χ2n) is 9.94. The number of nitrogens with two attached hydrogens (primary N) is 2. The zero-order chi connectivity index (χ0) is 26.3. The van der Waals surface area contributed by atoms with Crippen LogP contribution in [0.25, 0.3) is 10.2 Å². The van der Waals surface area contributed by atoms with E-state index in [1.54, 1.807) is 7.11 Å². The predicted octanol–water partition coefficient (Wildman–Crippen LogP) is 2.58. The number of carbonyl (C=O) groups excluding carboxylic acids is 1. The lowest BCUT2D eigenvalue weighted by Gasteiger charge is -2.27. The van der Waals surface area contributed by atoms with Gasteiger partial charge in [0.25, 0.3) is 5.91 Å². The third-order valence-electron chi connectivity index (χ3n) is 7.18. The number of nitrogens with zero attached hydrogens (tertiary/aromatic N) is 3. The van der Waals surface area contributed by atoms with Gasteiger partial charge in [-0.15, -0.1) is 11.3 Å². The van der Waals surface area contributed by atoms with Gasteiger partial charge in [0.2, 0.25) is 0 Å². The molecule has 1 saturated heterocycles. The molecule has 4 unspecified atom stereocenters. The normalized spacial score (nSPS) is 22.3. The number of anilines is 2. The van der Waals surface area contributed by atoms with E-state index < -0.39 is 0 Å². The Bertz CT molecular complexity index is 1320. The monoisotopic (exact) mass is 528 g/mol. The fourth-order valence-corrected chi connectivity index (χ4v) is 5.98. The van der Waals surface area contributed by atoms with Gasteiger partial charge in [-0.2, -0.15) is 0 Å². The Morgan fingerprint density at radius 3 is 2.95 bits per heavy atom. The van der Waals surface area contributed by atoms with Crippen LogP contribution in [0.3, 0.4) is 0 Å². The molecule has 1 amide bonds. The van der Waals surface area contributed by atoms with Crippen molar-refractivity contribution in [1.82, 2.24) is 15.3 Å². The van der Waals surface area contributed by atoms with E-state index in [9.17, 15) is 4.79 Å². The van der Waals surface area contributed by atoms with Gasteiger partial charge in [0.1, 0.15) is 21.3 Å². The van der Waals surface area contributed by atoms with E-state index in [1.165, 1.54) is 17.4 Å². The first kappa shape index (κ1) is 25.8. The van der Waals surface area contributed by atoms with Gasteiger partial charge in [0.15, 0.2) is 0 Å². The lowest BCUT2D eigenvalue weighted by Crippen LogP contribution is -2.39. The number of amides is 1. The fourth-order valence-electron chi connectivity index (χ4n) is 4.94. The van der Waals surface area contributed by atoms with Crippen LogP contribution >= 0.6 is 11.3 Å². The molecule has 4 atom stereocenters. The van der Waals surface area contributed by atoms with Crippen molar-refractivity contribution in [2.24, 2.45) is 5.73 Å². The molecule has 37 heavy (non-hydrogen) atoms. The third-order valence-corrected chi connectivity index (χ3v) is 8.29. The minimum atomic E-state index is -0.314. The molecule has 3 aromatic rings. The summed E-state index contributed by atoms with van der Waals surface area (Å²) in [5, 5.41) is 3.82. The first-order valence-electron chi connectivity index (χ1n) is 12.5. The maximum Gasteiger partial charge on any atom is 0.263 e. The molecule has 0 aromatic carbocycles. The number of aryl methyl sites for hydroxylation is 2. The number of aromatic nitrogens is 2. The molecular weight excluding hydrogens is 495 g/mol. The van der Waals surface area contributed by atoms with Gasteiger partial charge in [-0.3, -0.25) is 4.79 Å². The van der Waals surface area contributed by atoms with Crippen LogP contribution in [-0.2, 0) is 22.3 Å². The molecular formula is C26H33FN6O3S. The maximum absolute atomic E-state index is 15.3. The predicted molar refractivity (Wildman–Crippen MR) is 143 cm³/mol. The average Bonchev–Trinajstić information content (AvgIpc) is 3.41. The molecule has 198 valence electrons. The molecule has 4 heterocycles. The van der Waals surface area contributed by atoms with E-state index >= 15 is 4.39 Å². The average molecular weight is 529 g/mol. The molecule has 0 saturated carbocycles. The molecule has 0 spiro atoms. The number of pyridine rings is 2. The van der Waals surface area contributed by atoms with Crippen molar-refractivity contribution < 1.29 is 18.7 Å². The highest BCUT2D eigenvalue weighted by molar-refractivity contribution is 7.21. The maximum atomic E-state index is 15.3. The van der Waals surface area contributed by atoms with Gasteiger partial charge in [0.05, 0.1) is 30.5 Å². The second-order valence-corrected chi connectivity index (χ2v) is 10.9. The second kappa shape index (κ2) is 10.5. The van der Waals surface area contributed by atoms with E-state index in [2.05, 4.69) is 10.3 Å². The molecule has 2 aliphatic rings. The molecule has 0 radical (unpaired) electrons. The number of nitrogens with one attached hydrogen (secondary N) is 1. The molecule has 1 fully saturated rings. The van der Waals surface area contributed by atoms with E-state index in [-0.39, 0.29) is 36.0 Å². The Labute approximate surface area is 219 Å². The third kappa shape index (κ3) is 5.26. The summed E-state index contributed by atoms with van der Waals surface area (Å²) in [6.07, 6.45) is 1.42. The quantitative estimate of drug-likeness (QED) is 0.427. The number of fused-ring (bicyclic) bond motifs is 2. The van der Waals surface area contributed by atoms with E-state index in [1.807, 2.05) is 30.9 Å². The Hall–Kier alpha value is -2.86. The molecule has 3 aromatic heterocycles. The largest absolute Gasteiger partial charge is 0.397 e. The summed E-state index contributed by atoms with van der Waals surface area (Å²) in [6, 6.07) is 4.83. The van der Waals surface area contributed by atoms with Gasteiger partial charge in [-0.05, 0) is 45.2 Å². The number of halogens is 1. The Balaban J connectivity index is 1.26. The highest BCUT2D eigenvalue weighted by atomic mass is 32.1. The Kier molecular flexibility index (Phi) is 7.30. The van der Waals surface area contributed by atoms with Crippen molar-refractivity contribution in [1.29, 1.82) is 0 Å². The first-order chi connectivity index (χ1) is 17.7. The van der Waals surface area contributed by atoms with Crippen LogP contribution in [0.2, 0.25) is 0 Å². The number of methoxy groups -OCH3 is 1. The fraction of sp³-hybridized carbons (Fsp3) is 0.500. The smallest absolute Gasteiger partial charge is 0.263 e. The molecule has 11 heteroatoms. The van der Waals surface area contributed by atoms with Crippen LogP contribution in [-0.4, -0.2) is 67.0 Å². The van der Waals surface area contributed by atoms with E-state index in [0.29, 0.717) is 60.9 Å². The summed E-state index contributed by atoms with van der Waals surface area (Å²) >= 11 is 1.28. The summed E-state index contributed by atoms with van der Waals surface area (Å²) in [7, 11) is 1.64. The van der Waals surface area contributed by atoms with Crippen LogP contribution < -0.4 is 21.7 Å². The molecule has 0 bridgehead atoms. The van der Waals surface area contributed by atoms with Gasteiger partial charge >= 0.3 is 0 Å². The minimum Gasteiger partial charge on any atom is -0.397 e. The van der Waals surface area contributed by atoms with Crippen LogP contribution in [0.15, 0.2) is 18.2 Å². The topological polar surface area (TPSA) is 129 Å². The van der Waals surface area contributed by atoms with Crippen molar-refractivity contribution >= 4 is 39.0 Å². The lowest BCUT2D eigenvalue weighted by atomic mass is 9.91. The summed E-state index contributed by atoms with van der Waals surface area (Å²) in [4.78, 5) is 25.4. The number of hydrogen-bond acceptors (Lipinski definition) is 9. The summed E-state index contributed by atoms with van der Waals surface area (Å²) in [6.45, 7) is 5.37. The summed E-state index contributed by atoms with van der Waals surface area (Å²) in [5.74, 6) is 0.00309. The van der Waals surface area contributed by atoms with Crippen molar-refractivity contribution in [3.8, 4) is 0 Å². The van der Waals surface area contributed by atoms with Gasteiger partial charge < -0.3 is 31.2 Å². The van der Waals surface area contributed by atoms with Gasteiger partial charge in [-0.25, -0.2) is 14.4 Å². The number of thiophene rings is 1. The molecule has 9 nitrogen and oxygen atoms in total. The van der Waals surface area contributed by atoms with E-state index in [0.717, 1.165) is 21.6 Å². The van der Waals surface area contributed by atoms with Gasteiger partial charge in [0, 0.05) is 54.6 Å². The Morgan fingerprint density at radius 2 is 2.16 bits per heavy atom. The molecule has 5 N–H and O–H groups in total. The number of hydrogen-bond donors (Lipinski definition) is 3. The first-order valence-corrected chi connectivity index (χ1v) is 13.3.